The molecule has 0 saturated heterocycles. The van der Waals surface area contributed by atoms with E-state index in [9.17, 15) is 0 Å². The van der Waals surface area contributed by atoms with Crippen molar-refractivity contribution in [2.24, 2.45) is 0 Å². The third-order valence-corrected chi connectivity index (χ3v) is 3.70. The van der Waals surface area contributed by atoms with E-state index >= 15 is 0 Å². The van der Waals surface area contributed by atoms with Crippen LogP contribution in [0.2, 0.25) is 5.15 Å². The van der Waals surface area contributed by atoms with E-state index in [0.717, 1.165) is 34.5 Å². The van der Waals surface area contributed by atoms with Crippen LogP contribution in [-0.2, 0) is 12.8 Å². The van der Waals surface area contributed by atoms with Gasteiger partial charge in [-0.3, -0.25) is 0 Å². The van der Waals surface area contributed by atoms with Crippen molar-refractivity contribution in [2.75, 3.05) is 0 Å². The van der Waals surface area contributed by atoms with Crippen molar-refractivity contribution in [1.29, 1.82) is 0 Å². The fourth-order valence-corrected chi connectivity index (χ4v) is 2.45. The molecule has 1 aromatic carbocycles. The van der Waals surface area contributed by atoms with E-state index in [1.165, 1.54) is 0 Å². The number of hydrogen-bond donors (Lipinski definition) is 1. The summed E-state index contributed by atoms with van der Waals surface area (Å²) < 4.78 is 0. The van der Waals surface area contributed by atoms with E-state index in [0.29, 0.717) is 17.4 Å². The van der Waals surface area contributed by atoms with E-state index < -0.39 is 0 Å². The Balaban J connectivity index is 1.96. The van der Waals surface area contributed by atoms with E-state index in [2.05, 4.69) is 26.9 Å². The number of aryl methyl sites for hydroxylation is 1. The highest BCUT2D eigenvalue weighted by atomic mass is 35.5. The number of nitrogens with zero attached hydrogens (tertiary/aromatic N) is 3. The molecular formula is C15H15ClN4. The SMILES string of the molecule is CCc1nc(Cc2nc3ccccc3[nH]2)nc(Cl)c1C. The number of nitrogens with one attached hydrogen (secondary N) is 1. The summed E-state index contributed by atoms with van der Waals surface area (Å²) in [5, 5.41) is 0.531. The van der Waals surface area contributed by atoms with Crippen molar-refractivity contribution in [2.45, 2.75) is 26.7 Å². The Morgan fingerprint density at radius 1 is 1.15 bits per heavy atom. The molecule has 0 aliphatic heterocycles. The van der Waals surface area contributed by atoms with E-state index in [1.54, 1.807) is 0 Å². The Hall–Kier alpha value is -1.94. The molecule has 3 rings (SSSR count). The van der Waals surface area contributed by atoms with Crippen LogP contribution in [0, 0.1) is 6.92 Å². The molecule has 3 aromatic rings. The van der Waals surface area contributed by atoms with Gasteiger partial charge in [-0.25, -0.2) is 15.0 Å². The number of aromatic amines is 1. The van der Waals surface area contributed by atoms with Gasteiger partial charge in [0.2, 0.25) is 0 Å². The van der Waals surface area contributed by atoms with Gasteiger partial charge in [0, 0.05) is 11.3 Å². The van der Waals surface area contributed by atoms with Crippen LogP contribution in [-0.4, -0.2) is 19.9 Å². The summed E-state index contributed by atoms with van der Waals surface area (Å²) in [6.07, 6.45) is 1.41. The van der Waals surface area contributed by atoms with Gasteiger partial charge in [0.25, 0.3) is 0 Å². The first-order valence-corrected chi connectivity index (χ1v) is 7.00. The highest BCUT2D eigenvalue weighted by Crippen LogP contribution is 2.18. The number of halogens is 1. The lowest BCUT2D eigenvalue weighted by atomic mass is 10.2. The van der Waals surface area contributed by atoms with Crippen molar-refractivity contribution < 1.29 is 0 Å². The summed E-state index contributed by atoms with van der Waals surface area (Å²) in [6, 6.07) is 7.95. The van der Waals surface area contributed by atoms with Gasteiger partial charge >= 0.3 is 0 Å². The van der Waals surface area contributed by atoms with E-state index in [1.807, 2.05) is 31.2 Å². The van der Waals surface area contributed by atoms with Crippen LogP contribution in [0.5, 0.6) is 0 Å². The number of imidazole rings is 1. The quantitative estimate of drug-likeness (QED) is 0.750. The van der Waals surface area contributed by atoms with Crippen LogP contribution in [0.1, 0.15) is 29.8 Å². The van der Waals surface area contributed by atoms with Crippen LogP contribution in [0.3, 0.4) is 0 Å². The van der Waals surface area contributed by atoms with Gasteiger partial charge in [0.1, 0.15) is 16.8 Å². The first-order valence-electron chi connectivity index (χ1n) is 6.63. The van der Waals surface area contributed by atoms with Crippen LogP contribution in [0.25, 0.3) is 11.0 Å². The lowest BCUT2D eigenvalue weighted by Crippen LogP contribution is -2.04. The first kappa shape index (κ1) is 13.1. The Labute approximate surface area is 122 Å². The Morgan fingerprint density at radius 3 is 2.70 bits per heavy atom. The molecule has 0 unspecified atom stereocenters. The zero-order chi connectivity index (χ0) is 14.1. The summed E-state index contributed by atoms with van der Waals surface area (Å²) in [5.74, 6) is 1.56. The predicted octanol–water partition coefficient (Wildman–Crippen LogP) is 3.47. The van der Waals surface area contributed by atoms with Gasteiger partial charge < -0.3 is 4.98 Å². The molecule has 0 atom stereocenters. The molecule has 102 valence electrons. The molecule has 0 amide bonds. The highest BCUT2D eigenvalue weighted by molar-refractivity contribution is 6.30. The zero-order valence-corrected chi connectivity index (χ0v) is 12.2. The highest BCUT2D eigenvalue weighted by Gasteiger charge is 2.10. The summed E-state index contributed by atoms with van der Waals surface area (Å²) >= 11 is 6.16. The summed E-state index contributed by atoms with van der Waals surface area (Å²) in [6.45, 7) is 4.02. The smallest absolute Gasteiger partial charge is 0.137 e. The molecule has 0 fully saturated rings. The molecule has 0 aliphatic rings. The largest absolute Gasteiger partial charge is 0.342 e. The van der Waals surface area contributed by atoms with Crippen molar-refractivity contribution in [3.63, 3.8) is 0 Å². The predicted molar refractivity (Wildman–Crippen MR) is 80.1 cm³/mol. The van der Waals surface area contributed by atoms with Crippen LogP contribution < -0.4 is 0 Å². The lowest BCUT2D eigenvalue weighted by molar-refractivity contribution is 0.865. The number of benzene rings is 1. The second-order valence-electron chi connectivity index (χ2n) is 4.73. The maximum atomic E-state index is 6.16. The van der Waals surface area contributed by atoms with Gasteiger partial charge in [-0.05, 0) is 25.5 Å². The second kappa shape index (κ2) is 5.21. The molecule has 2 aromatic heterocycles. The molecule has 20 heavy (non-hydrogen) atoms. The molecule has 0 radical (unpaired) electrons. The lowest BCUT2D eigenvalue weighted by Gasteiger charge is -2.06. The zero-order valence-electron chi connectivity index (χ0n) is 11.4. The van der Waals surface area contributed by atoms with Gasteiger partial charge in [-0.1, -0.05) is 30.7 Å². The van der Waals surface area contributed by atoms with Crippen molar-refractivity contribution in [3.05, 3.63) is 52.3 Å². The molecule has 2 heterocycles. The van der Waals surface area contributed by atoms with E-state index in [4.69, 9.17) is 11.6 Å². The molecule has 0 spiro atoms. The Morgan fingerprint density at radius 2 is 1.95 bits per heavy atom. The van der Waals surface area contributed by atoms with Gasteiger partial charge in [-0.15, -0.1) is 0 Å². The summed E-state index contributed by atoms with van der Waals surface area (Å²) in [7, 11) is 0. The van der Waals surface area contributed by atoms with Crippen molar-refractivity contribution >= 4 is 22.6 Å². The summed E-state index contributed by atoms with van der Waals surface area (Å²) in [4.78, 5) is 16.7. The number of hydrogen-bond acceptors (Lipinski definition) is 3. The Bertz CT molecular complexity index is 731. The fraction of sp³-hybridized carbons (Fsp3) is 0.267. The molecular weight excluding hydrogens is 272 g/mol. The normalized spacial score (nSPS) is 11.2. The number of para-hydroxylation sites is 2. The minimum Gasteiger partial charge on any atom is -0.342 e. The minimum atomic E-state index is 0.531. The number of rotatable bonds is 3. The molecule has 0 bridgehead atoms. The van der Waals surface area contributed by atoms with Gasteiger partial charge in [0.05, 0.1) is 17.5 Å². The van der Waals surface area contributed by atoms with Crippen LogP contribution in [0.4, 0.5) is 0 Å². The molecule has 0 aliphatic carbocycles. The topological polar surface area (TPSA) is 54.5 Å². The average Bonchev–Trinajstić information content (AvgIpc) is 2.84. The standard InChI is InChI=1S/C15H15ClN4/c1-3-10-9(2)15(16)20-14(17-10)8-13-18-11-6-4-5-7-12(11)19-13/h4-7H,3,8H2,1-2H3,(H,18,19). The van der Waals surface area contributed by atoms with Crippen LogP contribution in [0.15, 0.2) is 24.3 Å². The maximum Gasteiger partial charge on any atom is 0.137 e. The third-order valence-electron chi connectivity index (χ3n) is 3.33. The van der Waals surface area contributed by atoms with Gasteiger partial charge in [-0.2, -0.15) is 0 Å². The third kappa shape index (κ3) is 2.39. The average molecular weight is 287 g/mol. The Kier molecular flexibility index (Phi) is 3.40. The number of H-pyrrole nitrogens is 1. The molecule has 1 N–H and O–H groups in total. The molecule has 4 nitrogen and oxygen atoms in total. The van der Waals surface area contributed by atoms with Crippen molar-refractivity contribution in [1.82, 2.24) is 19.9 Å². The van der Waals surface area contributed by atoms with Crippen molar-refractivity contribution in [3.8, 4) is 0 Å². The second-order valence-corrected chi connectivity index (χ2v) is 5.09. The number of fused-ring (bicyclic) bond motifs is 1. The fourth-order valence-electron chi connectivity index (χ4n) is 2.24. The van der Waals surface area contributed by atoms with Crippen LogP contribution >= 0.6 is 11.6 Å². The summed E-state index contributed by atoms with van der Waals surface area (Å²) in [5.41, 5.74) is 3.94. The molecule has 0 saturated carbocycles. The van der Waals surface area contributed by atoms with Gasteiger partial charge in [0.15, 0.2) is 0 Å². The monoisotopic (exact) mass is 286 g/mol. The molecule has 5 heteroatoms. The van der Waals surface area contributed by atoms with E-state index in [-0.39, 0.29) is 0 Å². The first-order chi connectivity index (χ1) is 9.67. The minimum absolute atomic E-state index is 0.531. The maximum absolute atomic E-state index is 6.16. The number of aromatic nitrogens is 4.